The lowest BCUT2D eigenvalue weighted by Gasteiger charge is -2.21. The summed E-state index contributed by atoms with van der Waals surface area (Å²) in [5.41, 5.74) is 0.947. The molecule has 2 aromatic rings. The zero-order chi connectivity index (χ0) is 13.6. The molecule has 2 aromatic carbocycles. The first-order chi connectivity index (χ1) is 9.13. The van der Waals surface area contributed by atoms with Crippen LogP contribution in [0.25, 0.3) is 0 Å². The second kappa shape index (κ2) is 4.20. The standard InChI is InChI=1S/C14H13NO4/c1-19-14-11(12(17)13(14)18)15-10-8-5-3-2-4-7(8)6-9(10)16/h2-5,9-10,15-16H,6H2,1H3/t9-,10+/m1/s1. The minimum atomic E-state index is -0.620. The maximum Gasteiger partial charge on any atom is 0.271 e. The maximum absolute atomic E-state index is 11.5. The summed E-state index contributed by atoms with van der Waals surface area (Å²) in [6, 6.07) is 7.26. The number of fused-ring (bicyclic) bond motifs is 1. The Bertz CT molecular complexity index is 700. The smallest absolute Gasteiger partial charge is 0.271 e. The second-order valence-corrected chi connectivity index (χ2v) is 4.66. The van der Waals surface area contributed by atoms with E-state index in [1.54, 1.807) is 0 Å². The summed E-state index contributed by atoms with van der Waals surface area (Å²) in [5.74, 6) is 0.0431. The molecule has 0 radical (unpaired) electrons. The molecule has 98 valence electrons. The monoisotopic (exact) mass is 259 g/mol. The first kappa shape index (κ1) is 11.9. The van der Waals surface area contributed by atoms with Gasteiger partial charge in [-0.2, -0.15) is 0 Å². The van der Waals surface area contributed by atoms with Gasteiger partial charge in [0.2, 0.25) is 0 Å². The summed E-state index contributed by atoms with van der Waals surface area (Å²) in [4.78, 5) is 22.8. The van der Waals surface area contributed by atoms with Gasteiger partial charge in [0.05, 0.1) is 19.3 Å². The maximum atomic E-state index is 11.5. The Kier molecular flexibility index (Phi) is 2.64. The van der Waals surface area contributed by atoms with Crippen molar-refractivity contribution in [1.29, 1.82) is 0 Å². The van der Waals surface area contributed by atoms with Crippen LogP contribution < -0.4 is 20.9 Å². The van der Waals surface area contributed by atoms with Crippen molar-refractivity contribution in [2.45, 2.75) is 18.6 Å². The zero-order valence-corrected chi connectivity index (χ0v) is 10.3. The van der Waals surface area contributed by atoms with Gasteiger partial charge in [0.1, 0.15) is 5.69 Å². The molecule has 0 amide bonds. The molecule has 2 atom stereocenters. The van der Waals surface area contributed by atoms with Gasteiger partial charge < -0.3 is 15.2 Å². The van der Waals surface area contributed by atoms with Crippen molar-refractivity contribution in [1.82, 2.24) is 0 Å². The fourth-order valence-corrected chi connectivity index (χ4v) is 2.60. The Balaban J connectivity index is 1.94. The van der Waals surface area contributed by atoms with E-state index in [1.165, 1.54) is 7.11 Å². The Morgan fingerprint density at radius 3 is 2.74 bits per heavy atom. The van der Waals surface area contributed by atoms with E-state index in [0.29, 0.717) is 6.42 Å². The molecular formula is C14H13NO4. The number of hydrogen-bond acceptors (Lipinski definition) is 5. The van der Waals surface area contributed by atoms with E-state index in [-0.39, 0.29) is 17.5 Å². The van der Waals surface area contributed by atoms with Crippen LogP contribution in [0.4, 0.5) is 5.69 Å². The minimum absolute atomic E-state index is 0.0431. The van der Waals surface area contributed by atoms with Crippen LogP contribution in [0.5, 0.6) is 5.75 Å². The van der Waals surface area contributed by atoms with E-state index in [1.807, 2.05) is 24.3 Å². The molecule has 0 bridgehead atoms. The van der Waals surface area contributed by atoms with Crippen LogP contribution in [-0.4, -0.2) is 18.3 Å². The number of anilines is 1. The third-order valence-electron chi connectivity index (χ3n) is 3.57. The summed E-state index contributed by atoms with van der Waals surface area (Å²) < 4.78 is 4.88. The highest BCUT2D eigenvalue weighted by atomic mass is 16.5. The zero-order valence-electron chi connectivity index (χ0n) is 10.3. The molecule has 19 heavy (non-hydrogen) atoms. The van der Waals surface area contributed by atoms with E-state index in [2.05, 4.69) is 5.32 Å². The van der Waals surface area contributed by atoms with Gasteiger partial charge in [-0.3, -0.25) is 9.59 Å². The molecular weight excluding hydrogens is 246 g/mol. The number of nitrogens with one attached hydrogen (secondary N) is 1. The highest BCUT2D eigenvalue weighted by molar-refractivity contribution is 5.63. The van der Waals surface area contributed by atoms with Gasteiger partial charge in [-0.25, -0.2) is 0 Å². The van der Waals surface area contributed by atoms with Crippen molar-refractivity contribution in [3.8, 4) is 5.75 Å². The number of ether oxygens (including phenoxy) is 1. The number of methoxy groups -OCH3 is 1. The topological polar surface area (TPSA) is 75.6 Å². The van der Waals surface area contributed by atoms with Crippen LogP contribution in [0.15, 0.2) is 33.9 Å². The third kappa shape index (κ3) is 1.66. The SMILES string of the molecule is COc1c(N[C@H]2c3ccccc3C[C@H]2O)c(=O)c1=O. The molecule has 0 saturated carbocycles. The fraction of sp³-hybridized carbons (Fsp3) is 0.286. The van der Waals surface area contributed by atoms with Crippen molar-refractivity contribution < 1.29 is 9.84 Å². The number of hydrogen-bond donors (Lipinski definition) is 2. The van der Waals surface area contributed by atoms with Crippen molar-refractivity contribution in [3.63, 3.8) is 0 Å². The van der Waals surface area contributed by atoms with Crippen LogP contribution in [0.1, 0.15) is 17.2 Å². The lowest BCUT2D eigenvalue weighted by atomic mass is 10.1. The first-order valence-electron chi connectivity index (χ1n) is 6.03. The number of aliphatic hydroxyl groups is 1. The van der Waals surface area contributed by atoms with Crippen molar-refractivity contribution >= 4 is 5.69 Å². The summed E-state index contributed by atoms with van der Waals surface area (Å²) in [6.07, 6.45) is -0.0857. The average Bonchev–Trinajstić information content (AvgIpc) is 2.74. The van der Waals surface area contributed by atoms with Crippen LogP contribution in [0.3, 0.4) is 0 Å². The number of aliphatic hydroxyl groups excluding tert-OH is 1. The molecule has 0 aromatic heterocycles. The summed E-state index contributed by atoms with van der Waals surface area (Å²) in [6.45, 7) is 0. The van der Waals surface area contributed by atoms with E-state index >= 15 is 0 Å². The molecule has 0 spiro atoms. The van der Waals surface area contributed by atoms with Gasteiger partial charge in [0, 0.05) is 6.42 Å². The van der Waals surface area contributed by atoms with Gasteiger partial charge in [-0.05, 0) is 11.1 Å². The molecule has 2 N–H and O–H groups in total. The van der Waals surface area contributed by atoms with Crippen molar-refractivity contribution in [2.75, 3.05) is 12.4 Å². The van der Waals surface area contributed by atoms with E-state index < -0.39 is 17.0 Å². The first-order valence-corrected chi connectivity index (χ1v) is 6.03. The largest absolute Gasteiger partial charge is 0.491 e. The van der Waals surface area contributed by atoms with Gasteiger partial charge in [-0.1, -0.05) is 24.3 Å². The molecule has 0 aliphatic heterocycles. The predicted octanol–water partition coefficient (Wildman–Crippen LogP) is 0.361. The Hall–Kier alpha value is -2.14. The Labute approximate surface area is 109 Å². The normalized spacial score (nSPS) is 21.4. The van der Waals surface area contributed by atoms with E-state index in [0.717, 1.165) is 11.1 Å². The molecule has 0 fully saturated rings. The van der Waals surface area contributed by atoms with Crippen molar-refractivity contribution in [3.05, 3.63) is 55.8 Å². The molecule has 5 heteroatoms. The van der Waals surface area contributed by atoms with Gasteiger partial charge in [-0.15, -0.1) is 0 Å². The molecule has 1 aliphatic carbocycles. The predicted molar refractivity (Wildman–Crippen MR) is 70.4 cm³/mol. The number of benzene rings is 1. The third-order valence-corrected chi connectivity index (χ3v) is 3.57. The molecule has 1 aliphatic rings. The molecule has 0 unspecified atom stereocenters. The molecule has 0 heterocycles. The average molecular weight is 259 g/mol. The Morgan fingerprint density at radius 2 is 2.00 bits per heavy atom. The molecule has 5 nitrogen and oxygen atoms in total. The number of rotatable bonds is 3. The summed E-state index contributed by atoms with van der Waals surface area (Å²) in [7, 11) is 1.35. The highest BCUT2D eigenvalue weighted by Gasteiger charge is 2.33. The van der Waals surface area contributed by atoms with Gasteiger partial charge >= 0.3 is 0 Å². The molecule has 3 rings (SSSR count). The van der Waals surface area contributed by atoms with Crippen LogP contribution >= 0.6 is 0 Å². The minimum Gasteiger partial charge on any atom is -0.491 e. The second-order valence-electron chi connectivity index (χ2n) is 4.66. The lowest BCUT2D eigenvalue weighted by Crippen LogP contribution is -2.37. The molecule has 0 saturated heterocycles. The van der Waals surface area contributed by atoms with Crippen molar-refractivity contribution in [2.24, 2.45) is 0 Å². The van der Waals surface area contributed by atoms with Crippen LogP contribution in [0, 0.1) is 0 Å². The fourth-order valence-electron chi connectivity index (χ4n) is 2.60. The van der Waals surface area contributed by atoms with Gasteiger partial charge in [0.15, 0.2) is 5.75 Å². The Morgan fingerprint density at radius 1 is 1.26 bits per heavy atom. The summed E-state index contributed by atoms with van der Waals surface area (Å²) in [5, 5.41) is 13.0. The lowest BCUT2D eigenvalue weighted by molar-refractivity contribution is 0.165. The quantitative estimate of drug-likeness (QED) is 0.778. The van der Waals surface area contributed by atoms with Crippen LogP contribution in [0.2, 0.25) is 0 Å². The summed E-state index contributed by atoms with van der Waals surface area (Å²) >= 11 is 0. The highest BCUT2D eigenvalue weighted by Crippen LogP contribution is 2.35. The van der Waals surface area contributed by atoms with E-state index in [4.69, 9.17) is 4.74 Å². The van der Waals surface area contributed by atoms with Gasteiger partial charge in [0.25, 0.3) is 10.9 Å². The van der Waals surface area contributed by atoms with E-state index in [9.17, 15) is 14.7 Å². The van der Waals surface area contributed by atoms with Crippen LogP contribution in [-0.2, 0) is 6.42 Å².